The Kier molecular flexibility index (Phi) is 4.35. The molecule has 1 aromatic carbocycles. The number of halogens is 2. The molecule has 0 saturated carbocycles. The van der Waals surface area contributed by atoms with Crippen molar-refractivity contribution in [2.24, 2.45) is 5.92 Å². The zero-order valence-corrected chi connectivity index (χ0v) is 13.8. The SMILES string of the molecule is Fc1cccc(F)c1-c1nccn1C[C@@H]1CCCN2CCCC[C@H]12. The summed E-state index contributed by atoms with van der Waals surface area (Å²) in [6.07, 6.45) is 9.70. The van der Waals surface area contributed by atoms with Crippen molar-refractivity contribution in [3.05, 3.63) is 42.2 Å². The fourth-order valence-electron chi connectivity index (χ4n) is 4.44. The molecule has 3 nitrogen and oxygen atoms in total. The second kappa shape index (κ2) is 6.63. The first-order valence-electron chi connectivity index (χ1n) is 8.93. The van der Waals surface area contributed by atoms with Crippen LogP contribution in [0.2, 0.25) is 0 Å². The largest absolute Gasteiger partial charge is 0.330 e. The number of hydrogen-bond acceptors (Lipinski definition) is 2. The van der Waals surface area contributed by atoms with Crippen molar-refractivity contribution in [3.63, 3.8) is 0 Å². The molecule has 2 saturated heterocycles. The molecule has 2 aliphatic rings. The van der Waals surface area contributed by atoms with Crippen LogP contribution in [-0.2, 0) is 6.54 Å². The molecule has 3 heterocycles. The molecule has 2 aromatic rings. The number of benzene rings is 1. The Bertz CT molecular complexity index is 690. The summed E-state index contributed by atoms with van der Waals surface area (Å²) >= 11 is 0. The molecule has 0 aliphatic carbocycles. The monoisotopic (exact) mass is 331 g/mol. The standard InChI is InChI=1S/C19H23F2N3/c20-15-6-3-7-16(21)18(15)19-22-9-12-24(19)13-14-5-4-11-23-10-2-1-8-17(14)23/h3,6-7,9,12,14,17H,1-2,4-5,8,10-11,13H2/t14-,17+/m0/s1. The van der Waals surface area contributed by atoms with Gasteiger partial charge in [-0.05, 0) is 56.8 Å². The van der Waals surface area contributed by atoms with Gasteiger partial charge in [-0.2, -0.15) is 0 Å². The van der Waals surface area contributed by atoms with Crippen LogP contribution in [-0.4, -0.2) is 33.6 Å². The Morgan fingerprint density at radius 1 is 1.04 bits per heavy atom. The molecule has 0 unspecified atom stereocenters. The van der Waals surface area contributed by atoms with Gasteiger partial charge in [-0.15, -0.1) is 0 Å². The number of rotatable bonds is 3. The van der Waals surface area contributed by atoms with Crippen LogP contribution < -0.4 is 0 Å². The summed E-state index contributed by atoms with van der Waals surface area (Å²) in [5.41, 5.74) is -0.0150. The molecule has 0 spiro atoms. The maximum atomic E-state index is 14.1. The third-order valence-electron chi connectivity index (χ3n) is 5.56. The summed E-state index contributed by atoms with van der Waals surface area (Å²) in [5, 5.41) is 0. The van der Waals surface area contributed by atoms with Crippen LogP contribution in [0.25, 0.3) is 11.4 Å². The third kappa shape index (κ3) is 2.86. The zero-order valence-electron chi connectivity index (χ0n) is 13.8. The predicted octanol–water partition coefficient (Wildman–Crippen LogP) is 4.09. The molecule has 2 fully saturated rings. The van der Waals surface area contributed by atoms with Gasteiger partial charge in [0.1, 0.15) is 17.5 Å². The van der Waals surface area contributed by atoms with Crippen LogP contribution in [0.1, 0.15) is 32.1 Å². The number of imidazole rings is 1. The van der Waals surface area contributed by atoms with E-state index < -0.39 is 11.6 Å². The summed E-state index contributed by atoms with van der Waals surface area (Å²) in [6.45, 7) is 3.17. The number of piperidine rings is 2. The second-order valence-electron chi connectivity index (χ2n) is 7.00. The average molecular weight is 331 g/mol. The fraction of sp³-hybridized carbons (Fsp3) is 0.526. The molecule has 0 amide bonds. The first-order valence-corrected chi connectivity index (χ1v) is 8.93. The van der Waals surface area contributed by atoms with E-state index in [1.54, 1.807) is 6.20 Å². The van der Waals surface area contributed by atoms with Crippen LogP contribution in [0, 0.1) is 17.6 Å². The van der Waals surface area contributed by atoms with E-state index in [4.69, 9.17) is 0 Å². The summed E-state index contributed by atoms with van der Waals surface area (Å²) in [4.78, 5) is 6.86. The minimum atomic E-state index is -0.551. The number of nitrogens with zero attached hydrogens (tertiary/aromatic N) is 3. The lowest BCUT2D eigenvalue weighted by atomic mass is 9.83. The van der Waals surface area contributed by atoms with Gasteiger partial charge in [0.25, 0.3) is 0 Å². The van der Waals surface area contributed by atoms with Crippen LogP contribution in [0.3, 0.4) is 0 Å². The molecule has 0 radical (unpaired) electrons. The van der Waals surface area contributed by atoms with Crippen molar-refractivity contribution in [2.45, 2.75) is 44.7 Å². The topological polar surface area (TPSA) is 21.1 Å². The lowest BCUT2D eigenvalue weighted by Crippen LogP contribution is -2.49. The summed E-state index contributed by atoms with van der Waals surface area (Å²) < 4.78 is 30.2. The molecule has 5 heteroatoms. The summed E-state index contributed by atoms with van der Waals surface area (Å²) in [6, 6.07) is 4.58. The second-order valence-corrected chi connectivity index (χ2v) is 7.00. The lowest BCUT2D eigenvalue weighted by Gasteiger charge is -2.44. The quantitative estimate of drug-likeness (QED) is 0.844. The highest BCUT2D eigenvalue weighted by Gasteiger charge is 2.33. The zero-order chi connectivity index (χ0) is 16.5. The van der Waals surface area contributed by atoms with E-state index in [9.17, 15) is 8.78 Å². The predicted molar refractivity (Wildman–Crippen MR) is 89.5 cm³/mol. The van der Waals surface area contributed by atoms with Gasteiger partial charge in [0.05, 0.1) is 5.56 Å². The summed E-state index contributed by atoms with van der Waals surface area (Å²) in [7, 11) is 0. The maximum Gasteiger partial charge on any atom is 0.145 e. The highest BCUT2D eigenvalue weighted by atomic mass is 19.1. The van der Waals surface area contributed by atoms with E-state index in [1.165, 1.54) is 63.4 Å². The molecule has 2 aliphatic heterocycles. The van der Waals surface area contributed by atoms with Gasteiger partial charge >= 0.3 is 0 Å². The van der Waals surface area contributed by atoms with Crippen LogP contribution >= 0.6 is 0 Å². The van der Waals surface area contributed by atoms with Crippen molar-refractivity contribution in [1.82, 2.24) is 14.5 Å². The van der Waals surface area contributed by atoms with Crippen molar-refractivity contribution >= 4 is 0 Å². The van der Waals surface area contributed by atoms with Crippen LogP contribution in [0.4, 0.5) is 8.78 Å². The molecular weight excluding hydrogens is 308 g/mol. The summed E-state index contributed by atoms with van der Waals surface area (Å²) in [5.74, 6) is -0.170. The van der Waals surface area contributed by atoms with Gasteiger partial charge in [0, 0.05) is 25.0 Å². The highest BCUT2D eigenvalue weighted by Crippen LogP contribution is 2.33. The van der Waals surface area contributed by atoms with Crippen molar-refractivity contribution in [3.8, 4) is 11.4 Å². The van der Waals surface area contributed by atoms with Crippen LogP contribution in [0.5, 0.6) is 0 Å². The molecule has 0 N–H and O–H groups in total. The van der Waals surface area contributed by atoms with Gasteiger partial charge in [0.15, 0.2) is 0 Å². The van der Waals surface area contributed by atoms with Crippen molar-refractivity contribution in [1.29, 1.82) is 0 Å². The molecule has 2 atom stereocenters. The number of aromatic nitrogens is 2. The number of fused-ring (bicyclic) bond motifs is 1. The van der Waals surface area contributed by atoms with Gasteiger partial charge in [0.2, 0.25) is 0 Å². The highest BCUT2D eigenvalue weighted by molar-refractivity contribution is 5.57. The molecule has 128 valence electrons. The normalized spacial score (nSPS) is 24.8. The molecule has 0 bridgehead atoms. The van der Waals surface area contributed by atoms with E-state index >= 15 is 0 Å². The number of hydrogen-bond donors (Lipinski definition) is 0. The minimum Gasteiger partial charge on any atom is -0.330 e. The lowest BCUT2D eigenvalue weighted by molar-refractivity contribution is 0.0521. The van der Waals surface area contributed by atoms with E-state index in [-0.39, 0.29) is 5.56 Å². The first-order chi connectivity index (χ1) is 11.7. The molecule has 1 aromatic heterocycles. The average Bonchev–Trinajstić information content (AvgIpc) is 3.03. The Morgan fingerprint density at radius 2 is 1.83 bits per heavy atom. The van der Waals surface area contributed by atoms with E-state index in [2.05, 4.69) is 9.88 Å². The van der Waals surface area contributed by atoms with Crippen molar-refractivity contribution in [2.75, 3.05) is 13.1 Å². The fourth-order valence-corrected chi connectivity index (χ4v) is 4.44. The molecule has 24 heavy (non-hydrogen) atoms. The van der Waals surface area contributed by atoms with E-state index in [0.29, 0.717) is 17.8 Å². The van der Waals surface area contributed by atoms with E-state index in [1.807, 2.05) is 10.8 Å². The van der Waals surface area contributed by atoms with Gasteiger partial charge in [-0.25, -0.2) is 13.8 Å². The van der Waals surface area contributed by atoms with Gasteiger partial charge in [-0.1, -0.05) is 12.5 Å². The molecular formula is C19H23F2N3. The van der Waals surface area contributed by atoms with Gasteiger partial charge < -0.3 is 9.47 Å². The minimum absolute atomic E-state index is 0.0150. The Hall–Kier alpha value is -1.75. The Balaban J connectivity index is 1.61. The van der Waals surface area contributed by atoms with Gasteiger partial charge in [-0.3, -0.25) is 0 Å². The van der Waals surface area contributed by atoms with Crippen LogP contribution in [0.15, 0.2) is 30.6 Å². The maximum absolute atomic E-state index is 14.1. The molecule has 4 rings (SSSR count). The van der Waals surface area contributed by atoms with Crippen molar-refractivity contribution < 1.29 is 8.78 Å². The third-order valence-corrected chi connectivity index (χ3v) is 5.56. The Labute approximate surface area is 141 Å². The smallest absolute Gasteiger partial charge is 0.145 e. The Morgan fingerprint density at radius 3 is 2.67 bits per heavy atom. The van der Waals surface area contributed by atoms with E-state index in [0.717, 1.165) is 6.54 Å². The first kappa shape index (κ1) is 15.8.